The molecule has 0 aliphatic carbocycles. The molecule has 0 aliphatic rings. The van der Waals surface area contributed by atoms with Crippen LogP contribution in [-0.4, -0.2) is 0 Å². The molecular formula is C15H23. The summed E-state index contributed by atoms with van der Waals surface area (Å²) >= 11 is 0. The lowest BCUT2D eigenvalue weighted by atomic mass is 10.2. The summed E-state index contributed by atoms with van der Waals surface area (Å²) in [6.07, 6.45) is 22.6. The van der Waals surface area contributed by atoms with Crippen LogP contribution in [0.25, 0.3) is 0 Å². The highest BCUT2D eigenvalue weighted by Gasteiger charge is 1.73. The van der Waals surface area contributed by atoms with Crippen LogP contribution in [0.1, 0.15) is 39.0 Å². The maximum atomic E-state index is 3.74. The van der Waals surface area contributed by atoms with Crippen molar-refractivity contribution in [1.29, 1.82) is 0 Å². The largest absolute Gasteiger partial charge is 0.0885 e. The molecule has 1 radical (unpaired) electrons. The molecular weight excluding hydrogens is 180 g/mol. The Morgan fingerprint density at radius 3 is 1.47 bits per heavy atom. The minimum atomic E-state index is 0.886. The summed E-state index contributed by atoms with van der Waals surface area (Å²) in [5, 5.41) is 0. The van der Waals surface area contributed by atoms with E-state index in [2.05, 4.69) is 62.5 Å². The standard InChI is InChI=1S/C15H23/c1-3-5-7-9-11-13-15-14-12-10-8-6-4-2/h5-8,11-14H,1,3-4,9-10,15H2,2H3. The normalized spacial score (nSPS) is 12.9. The van der Waals surface area contributed by atoms with E-state index in [1.165, 1.54) is 0 Å². The summed E-state index contributed by atoms with van der Waals surface area (Å²) in [5.41, 5.74) is 0. The molecule has 0 saturated heterocycles. The molecule has 0 N–H and O–H groups in total. The Kier molecular flexibility index (Phi) is 12.1. The lowest BCUT2D eigenvalue weighted by molar-refractivity contribution is 1.19. The summed E-state index contributed by atoms with van der Waals surface area (Å²) in [4.78, 5) is 0. The zero-order valence-electron chi connectivity index (χ0n) is 9.86. The predicted molar refractivity (Wildman–Crippen MR) is 70.7 cm³/mol. The average molecular weight is 203 g/mol. The van der Waals surface area contributed by atoms with E-state index in [-0.39, 0.29) is 0 Å². The van der Waals surface area contributed by atoms with Gasteiger partial charge in [-0.25, -0.2) is 0 Å². The van der Waals surface area contributed by atoms with Gasteiger partial charge in [-0.1, -0.05) is 55.5 Å². The minimum absolute atomic E-state index is 0.886. The summed E-state index contributed by atoms with van der Waals surface area (Å²) in [6.45, 7) is 5.89. The number of hydrogen-bond acceptors (Lipinski definition) is 0. The van der Waals surface area contributed by atoms with E-state index in [0.29, 0.717) is 0 Å². The monoisotopic (exact) mass is 203 g/mol. The highest BCUT2D eigenvalue weighted by atomic mass is 13.8. The van der Waals surface area contributed by atoms with Crippen molar-refractivity contribution in [3.8, 4) is 0 Å². The van der Waals surface area contributed by atoms with Crippen molar-refractivity contribution in [2.24, 2.45) is 0 Å². The molecule has 0 aromatic carbocycles. The molecule has 0 aromatic heterocycles. The first-order chi connectivity index (χ1) is 7.41. The van der Waals surface area contributed by atoms with Crippen LogP contribution in [0.15, 0.2) is 48.6 Å². The van der Waals surface area contributed by atoms with E-state index >= 15 is 0 Å². The third kappa shape index (κ3) is 13.0. The van der Waals surface area contributed by atoms with Gasteiger partial charge in [-0.2, -0.15) is 0 Å². The fraction of sp³-hybridized carbons (Fsp3) is 0.400. The van der Waals surface area contributed by atoms with Gasteiger partial charge in [0, 0.05) is 0 Å². The summed E-state index contributed by atoms with van der Waals surface area (Å²) in [6, 6.07) is 0. The first-order valence-corrected chi connectivity index (χ1v) is 5.81. The van der Waals surface area contributed by atoms with E-state index in [1.54, 1.807) is 0 Å². The third-order valence-corrected chi connectivity index (χ3v) is 1.89. The van der Waals surface area contributed by atoms with Crippen molar-refractivity contribution >= 4 is 0 Å². The molecule has 0 bridgehead atoms. The first kappa shape index (κ1) is 14.0. The van der Waals surface area contributed by atoms with Crippen molar-refractivity contribution in [3.05, 3.63) is 55.5 Å². The number of hydrogen-bond donors (Lipinski definition) is 0. The molecule has 0 amide bonds. The third-order valence-electron chi connectivity index (χ3n) is 1.89. The van der Waals surface area contributed by atoms with Gasteiger partial charge in [-0.3, -0.25) is 0 Å². The fourth-order valence-corrected chi connectivity index (χ4v) is 1.10. The smallest absolute Gasteiger partial charge is 0.0169 e. The Balaban J connectivity index is 3.36. The summed E-state index contributed by atoms with van der Waals surface area (Å²) in [5.74, 6) is 0. The van der Waals surface area contributed by atoms with Crippen LogP contribution in [0.3, 0.4) is 0 Å². The fourth-order valence-electron chi connectivity index (χ4n) is 1.10. The molecule has 0 heteroatoms. The van der Waals surface area contributed by atoms with Gasteiger partial charge in [0.25, 0.3) is 0 Å². The van der Waals surface area contributed by atoms with E-state index in [4.69, 9.17) is 0 Å². The van der Waals surface area contributed by atoms with E-state index < -0.39 is 0 Å². The highest BCUT2D eigenvalue weighted by molar-refractivity contribution is 4.99. The number of allylic oxidation sites excluding steroid dienone is 8. The lowest BCUT2D eigenvalue weighted by Crippen LogP contribution is -1.63. The minimum Gasteiger partial charge on any atom is -0.0885 e. The van der Waals surface area contributed by atoms with Gasteiger partial charge in [0.1, 0.15) is 0 Å². The molecule has 0 rings (SSSR count). The highest BCUT2D eigenvalue weighted by Crippen LogP contribution is 1.94. The van der Waals surface area contributed by atoms with Crippen LogP contribution in [0.5, 0.6) is 0 Å². The van der Waals surface area contributed by atoms with Crippen LogP contribution in [0.4, 0.5) is 0 Å². The summed E-state index contributed by atoms with van der Waals surface area (Å²) < 4.78 is 0. The maximum Gasteiger partial charge on any atom is -0.0169 e. The molecule has 0 atom stereocenters. The van der Waals surface area contributed by atoms with Crippen molar-refractivity contribution in [3.63, 3.8) is 0 Å². The Labute approximate surface area is 95.1 Å². The maximum absolute atomic E-state index is 3.74. The Morgan fingerprint density at radius 1 is 0.667 bits per heavy atom. The Bertz CT molecular complexity index is 192. The Hall–Kier alpha value is -1.04. The van der Waals surface area contributed by atoms with E-state index in [9.17, 15) is 0 Å². The van der Waals surface area contributed by atoms with Crippen molar-refractivity contribution in [2.45, 2.75) is 39.0 Å². The van der Waals surface area contributed by atoms with Gasteiger partial charge < -0.3 is 0 Å². The van der Waals surface area contributed by atoms with Crippen LogP contribution in [0.2, 0.25) is 0 Å². The molecule has 0 unspecified atom stereocenters. The molecule has 0 aliphatic heterocycles. The van der Waals surface area contributed by atoms with Crippen LogP contribution in [0, 0.1) is 6.92 Å². The lowest BCUT2D eigenvalue weighted by Gasteiger charge is -1.84. The topological polar surface area (TPSA) is 0 Å². The summed E-state index contributed by atoms with van der Waals surface area (Å²) in [7, 11) is 0. The van der Waals surface area contributed by atoms with Gasteiger partial charge in [0.15, 0.2) is 0 Å². The van der Waals surface area contributed by atoms with Crippen molar-refractivity contribution in [1.82, 2.24) is 0 Å². The van der Waals surface area contributed by atoms with Crippen LogP contribution >= 0.6 is 0 Å². The van der Waals surface area contributed by atoms with E-state index in [1.807, 2.05) is 0 Å². The van der Waals surface area contributed by atoms with Crippen LogP contribution < -0.4 is 0 Å². The SMILES string of the molecule is [CH2]CC=CCC=CCC=CCC=CCC. The van der Waals surface area contributed by atoms with Gasteiger partial charge in [0.05, 0.1) is 0 Å². The Morgan fingerprint density at radius 2 is 1.07 bits per heavy atom. The number of rotatable bonds is 8. The molecule has 0 nitrogen and oxygen atoms in total. The van der Waals surface area contributed by atoms with Crippen molar-refractivity contribution in [2.75, 3.05) is 0 Å². The quantitative estimate of drug-likeness (QED) is 0.486. The van der Waals surface area contributed by atoms with Crippen LogP contribution in [-0.2, 0) is 0 Å². The van der Waals surface area contributed by atoms with Gasteiger partial charge in [-0.05, 0) is 39.0 Å². The molecule has 0 heterocycles. The second-order valence-corrected chi connectivity index (χ2v) is 3.29. The zero-order valence-corrected chi connectivity index (χ0v) is 9.86. The molecule has 0 saturated carbocycles. The molecule has 0 spiro atoms. The first-order valence-electron chi connectivity index (χ1n) is 5.81. The molecule has 0 fully saturated rings. The average Bonchev–Trinajstić information content (AvgIpc) is 2.26. The second-order valence-electron chi connectivity index (χ2n) is 3.29. The van der Waals surface area contributed by atoms with Crippen molar-refractivity contribution < 1.29 is 0 Å². The molecule has 0 aromatic rings. The van der Waals surface area contributed by atoms with Gasteiger partial charge in [-0.15, -0.1) is 0 Å². The zero-order chi connectivity index (χ0) is 11.2. The molecule has 15 heavy (non-hydrogen) atoms. The predicted octanol–water partition coefficient (Wildman–Crippen LogP) is 5.02. The van der Waals surface area contributed by atoms with E-state index in [0.717, 1.165) is 32.1 Å². The molecule has 83 valence electrons. The second kappa shape index (κ2) is 13.0. The van der Waals surface area contributed by atoms with Gasteiger partial charge >= 0.3 is 0 Å². The van der Waals surface area contributed by atoms with Gasteiger partial charge in [0.2, 0.25) is 0 Å².